The molecule has 1 fully saturated rings. The highest BCUT2D eigenvalue weighted by Gasteiger charge is 2.33. The lowest BCUT2D eigenvalue weighted by Crippen LogP contribution is -2.43. The Morgan fingerprint density at radius 2 is 2.04 bits per heavy atom. The number of hydrogen-bond acceptors (Lipinski definition) is 3. The van der Waals surface area contributed by atoms with Gasteiger partial charge in [0.2, 0.25) is 5.91 Å². The first-order valence-electron chi connectivity index (χ1n) is 8.57. The SMILES string of the molecule is Cc1ccc(NC(=O)[C@@H]2CCCN(C(=O)c3cccs3)C2)cc1C(F)(F)F. The first-order valence-corrected chi connectivity index (χ1v) is 9.45. The topological polar surface area (TPSA) is 49.4 Å². The van der Waals surface area contributed by atoms with Gasteiger partial charge in [-0.25, -0.2) is 0 Å². The van der Waals surface area contributed by atoms with Crippen LogP contribution in [0.3, 0.4) is 0 Å². The predicted octanol–water partition coefficient (Wildman–Crippen LogP) is 4.57. The van der Waals surface area contributed by atoms with E-state index in [-0.39, 0.29) is 29.6 Å². The van der Waals surface area contributed by atoms with Crippen molar-refractivity contribution in [2.75, 3.05) is 18.4 Å². The molecule has 2 heterocycles. The van der Waals surface area contributed by atoms with Crippen LogP contribution in [-0.2, 0) is 11.0 Å². The molecule has 0 spiro atoms. The van der Waals surface area contributed by atoms with Gasteiger partial charge in [-0.05, 0) is 48.9 Å². The first kappa shape index (κ1) is 19.4. The predicted molar refractivity (Wildman–Crippen MR) is 97.8 cm³/mol. The molecule has 0 unspecified atom stereocenters. The Balaban J connectivity index is 1.68. The molecule has 2 amide bonds. The second-order valence-corrected chi connectivity index (χ2v) is 7.53. The third-order valence-corrected chi connectivity index (χ3v) is 5.48. The summed E-state index contributed by atoms with van der Waals surface area (Å²) >= 11 is 1.34. The van der Waals surface area contributed by atoms with E-state index in [1.165, 1.54) is 30.4 Å². The van der Waals surface area contributed by atoms with Crippen molar-refractivity contribution in [1.82, 2.24) is 4.90 Å². The Morgan fingerprint density at radius 3 is 2.70 bits per heavy atom. The molecule has 1 aromatic heterocycles. The molecule has 144 valence electrons. The van der Waals surface area contributed by atoms with E-state index in [1.54, 1.807) is 17.0 Å². The summed E-state index contributed by atoms with van der Waals surface area (Å²) in [5.41, 5.74) is -0.552. The number of benzene rings is 1. The Hall–Kier alpha value is -2.35. The Morgan fingerprint density at radius 1 is 1.26 bits per heavy atom. The summed E-state index contributed by atoms with van der Waals surface area (Å²) in [6.45, 7) is 2.22. The number of anilines is 1. The molecular formula is C19H19F3N2O2S. The van der Waals surface area contributed by atoms with E-state index in [2.05, 4.69) is 5.32 Å². The summed E-state index contributed by atoms with van der Waals surface area (Å²) in [5.74, 6) is -0.925. The van der Waals surface area contributed by atoms with Gasteiger partial charge in [-0.3, -0.25) is 9.59 Å². The zero-order valence-electron chi connectivity index (χ0n) is 14.7. The van der Waals surface area contributed by atoms with Crippen molar-refractivity contribution < 1.29 is 22.8 Å². The van der Waals surface area contributed by atoms with Gasteiger partial charge in [0, 0.05) is 18.8 Å². The zero-order valence-corrected chi connectivity index (χ0v) is 15.5. The van der Waals surface area contributed by atoms with Crippen LogP contribution in [0.25, 0.3) is 0 Å². The monoisotopic (exact) mass is 396 g/mol. The number of carbonyl (C=O) groups is 2. The number of aryl methyl sites for hydroxylation is 1. The number of likely N-dealkylation sites (tertiary alicyclic amines) is 1. The number of alkyl halides is 3. The second kappa shape index (κ2) is 7.72. The summed E-state index contributed by atoms with van der Waals surface area (Å²) in [6.07, 6.45) is -3.20. The third kappa shape index (κ3) is 4.50. The average molecular weight is 396 g/mol. The van der Waals surface area contributed by atoms with E-state index in [4.69, 9.17) is 0 Å². The Kier molecular flexibility index (Phi) is 5.55. The molecule has 1 aliphatic rings. The van der Waals surface area contributed by atoms with Gasteiger partial charge in [0.05, 0.1) is 16.4 Å². The molecule has 8 heteroatoms. The van der Waals surface area contributed by atoms with Gasteiger partial charge < -0.3 is 10.2 Å². The van der Waals surface area contributed by atoms with Crippen LogP contribution in [0.4, 0.5) is 18.9 Å². The molecular weight excluding hydrogens is 377 g/mol. The van der Waals surface area contributed by atoms with E-state index < -0.39 is 17.7 Å². The van der Waals surface area contributed by atoms with Gasteiger partial charge in [0.15, 0.2) is 0 Å². The van der Waals surface area contributed by atoms with Crippen LogP contribution >= 0.6 is 11.3 Å². The van der Waals surface area contributed by atoms with E-state index in [1.807, 2.05) is 5.38 Å². The number of carbonyl (C=O) groups excluding carboxylic acids is 2. The van der Waals surface area contributed by atoms with Crippen molar-refractivity contribution in [3.63, 3.8) is 0 Å². The molecule has 1 aliphatic heterocycles. The smallest absolute Gasteiger partial charge is 0.337 e. The Labute approximate surface area is 159 Å². The van der Waals surface area contributed by atoms with Crippen molar-refractivity contribution >= 4 is 28.8 Å². The van der Waals surface area contributed by atoms with Crippen LogP contribution in [0, 0.1) is 12.8 Å². The highest BCUT2D eigenvalue weighted by Crippen LogP contribution is 2.33. The number of halogens is 3. The van der Waals surface area contributed by atoms with Gasteiger partial charge >= 0.3 is 6.18 Å². The third-order valence-electron chi connectivity index (χ3n) is 4.62. The molecule has 4 nitrogen and oxygen atoms in total. The molecule has 2 aromatic rings. The van der Waals surface area contributed by atoms with Crippen LogP contribution in [0.2, 0.25) is 0 Å². The first-order chi connectivity index (χ1) is 12.8. The quantitative estimate of drug-likeness (QED) is 0.827. The number of piperidine rings is 1. The molecule has 1 saturated heterocycles. The maximum atomic E-state index is 13.0. The molecule has 0 radical (unpaired) electrons. The highest BCUT2D eigenvalue weighted by molar-refractivity contribution is 7.12. The lowest BCUT2D eigenvalue weighted by atomic mass is 9.96. The van der Waals surface area contributed by atoms with Gasteiger partial charge in [0.1, 0.15) is 0 Å². The van der Waals surface area contributed by atoms with Gasteiger partial charge in [0.25, 0.3) is 5.91 Å². The normalized spacial score (nSPS) is 17.6. The van der Waals surface area contributed by atoms with E-state index >= 15 is 0 Å². The van der Waals surface area contributed by atoms with Crippen LogP contribution in [-0.4, -0.2) is 29.8 Å². The largest absolute Gasteiger partial charge is 0.416 e. The fraction of sp³-hybridized carbons (Fsp3) is 0.368. The van der Waals surface area contributed by atoms with Crippen molar-refractivity contribution in [1.29, 1.82) is 0 Å². The van der Waals surface area contributed by atoms with Crippen molar-refractivity contribution in [2.24, 2.45) is 5.92 Å². The van der Waals surface area contributed by atoms with Crippen LogP contribution in [0.5, 0.6) is 0 Å². The summed E-state index contributed by atoms with van der Waals surface area (Å²) in [6, 6.07) is 7.28. The van der Waals surface area contributed by atoms with Crippen LogP contribution in [0.1, 0.15) is 33.6 Å². The zero-order chi connectivity index (χ0) is 19.6. The van der Waals surface area contributed by atoms with E-state index in [9.17, 15) is 22.8 Å². The number of amides is 2. The molecule has 27 heavy (non-hydrogen) atoms. The molecule has 0 aliphatic carbocycles. The van der Waals surface area contributed by atoms with E-state index in [0.717, 1.165) is 6.07 Å². The second-order valence-electron chi connectivity index (χ2n) is 6.58. The lowest BCUT2D eigenvalue weighted by Gasteiger charge is -2.31. The maximum Gasteiger partial charge on any atom is 0.416 e. The highest BCUT2D eigenvalue weighted by atomic mass is 32.1. The Bertz CT molecular complexity index is 834. The minimum absolute atomic E-state index is 0.103. The van der Waals surface area contributed by atoms with E-state index in [0.29, 0.717) is 24.3 Å². The fourth-order valence-electron chi connectivity index (χ4n) is 3.18. The molecule has 3 rings (SSSR count). The summed E-state index contributed by atoms with van der Waals surface area (Å²) in [4.78, 5) is 27.2. The van der Waals surface area contributed by atoms with Gasteiger partial charge in [-0.15, -0.1) is 11.3 Å². The molecule has 1 aromatic carbocycles. The van der Waals surface area contributed by atoms with Crippen molar-refractivity contribution in [2.45, 2.75) is 25.9 Å². The number of hydrogen-bond donors (Lipinski definition) is 1. The van der Waals surface area contributed by atoms with Gasteiger partial charge in [-0.1, -0.05) is 12.1 Å². The minimum Gasteiger partial charge on any atom is -0.337 e. The van der Waals surface area contributed by atoms with Crippen LogP contribution in [0.15, 0.2) is 35.7 Å². The molecule has 0 bridgehead atoms. The standard InChI is InChI=1S/C19H19F3N2O2S/c1-12-6-7-14(10-15(12)19(20,21)22)23-17(25)13-4-2-8-24(11-13)18(26)16-5-3-9-27-16/h3,5-7,9-10,13H,2,4,8,11H2,1H3,(H,23,25)/t13-/m1/s1. The minimum atomic E-state index is -4.47. The van der Waals surface area contributed by atoms with Crippen molar-refractivity contribution in [3.8, 4) is 0 Å². The molecule has 1 atom stereocenters. The van der Waals surface area contributed by atoms with Crippen molar-refractivity contribution in [3.05, 3.63) is 51.7 Å². The van der Waals surface area contributed by atoms with Crippen LogP contribution < -0.4 is 5.32 Å². The maximum absolute atomic E-state index is 13.0. The number of rotatable bonds is 3. The average Bonchev–Trinajstić information content (AvgIpc) is 3.16. The van der Waals surface area contributed by atoms with Gasteiger partial charge in [-0.2, -0.15) is 13.2 Å². The summed E-state index contributed by atoms with van der Waals surface area (Å²) < 4.78 is 39.1. The molecule has 1 N–H and O–H groups in total. The fourth-order valence-corrected chi connectivity index (χ4v) is 3.87. The number of nitrogens with one attached hydrogen (secondary N) is 1. The summed E-state index contributed by atoms with van der Waals surface area (Å²) in [5, 5.41) is 4.39. The lowest BCUT2D eigenvalue weighted by molar-refractivity contribution is -0.138. The summed E-state index contributed by atoms with van der Waals surface area (Å²) in [7, 11) is 0. The number of thiophene rings is 1. The number of nitrogens with zero attached hydrogens (tertiary/aromatic N) is 1. The molecule has 0 saturated carbocycles.